The third-order valence-electron chi connectivity index (χ3n) is 3.28. The quantitative estimate of drug-likeness (QED) is 0.469. The largest absolute Gasteiger partial charge is 0.465 e. The second-order valence-corrected chi connectivity index (χ2v) is 6.09. The fraction of sp³-hybridized carbons (Fsp3) is 0.750. The summed E-state index contributed by atoms with van der Waals surface area (Å²) < 4.78 is 10.5. The fourth-order valence-corrected chi connectivity index (χ4v) is 2.09. The Hall–Kier alpha value is -1.40. The molecule has 0 aliphatic carbocycles. The van der Waals surface area contributed by atoms with Crippen molar-refractivity contribution in [2.45, 2.75) is 64.7 Å². The Labute approximate surface area is 132 Å². The molecule has 6 heteroatoms. The van der Waals surface area contributed by atoms with Crippen LogP contribution in [0.25, 0.3) is 0 Å². The monoisotopic (exact) mass is 315 g/mol. The maximum absolute atomic E-state index is 11.6. The van der Waals surface area contributed by atoms with Crippen LogP contribution in [0.2, 0.25) is 0 Å². The second kappa shape index (κ2) is 9.58. The predicted molar refractivity (Wildman–Crippen MR) is 84.0 cm³/mol. The van der Waals surface area contributed by atoms with Gasteiger partial charge in [0.05, 0.1) is 17.9 Å². The first-order valence-corrected chi connectivity index (χ1v) is 7.58. The number of nitrogens with two attached hydrogens (primary N) is 1. The lowest BCUT2D eigenvalue weighted by atomic mass is 9.85. The summed E-state index contributed by atoms with van der Waals surface area (Å²) in [5, 5.41) is 10.3. The van der Waals surface area contributed by atoms with Gasteiger partial charge >= 0.3 is 11.9 Å². The molecule has 3 atom stereocenters. The zero-order valence-corrected chi connectivity index (χ0v) is 14.0. The van der Waals surface area contributed by atoms with Crippen LogP contribution in [0.15, 0.2) is 12.7 Å². The van der Waals surface area contributed by atoms with Gasteiger partial charge < -0.3 is 20.3 Å². The number of hydrogen-bond acceptors (Lipinski definition) is 6. The normalized spacial score (nSPS) is 15.5. The van der Waals surface area contributed by atoms with Crippen LogP contribution in [-0.4, -0.2) is 41.4 Å². The maximum Gasteiger partial charge on any atom is 0.330 e. The second-order valence-electron chi connectivity index (χ2n) is 6.09. The standard InChI is InChI=1S/C16H29NO5/c1-6-8-13(22-14(18)7-2)12(16(4,5)20)10-21-15(19)9-11(3)17/h7,11-13,20H,2,6,8-10,17H2,1,3-5H3. The lowest BCUT2D eigenvalue weighted by Crippen LogP contribution is -2.44. The molecular weight excluding hydrogens is 286 g/mol. The summed E-state index contributed by atoms with van der Waals surface area (Å²) in [7, 11) is 0. The first-order chi connectivity index (χ1) is 10.1. The molecule has 3 N–H and O–H groups in total. The molecule has 0 amide bonds. The molecule has 3 unspecified atom stereocenters. The van der Waals surface area contributed by atoms with Crippen LogP contribution in [0.1, 0.15) is 47.0 Å². The molecular formula is C16H29NO5. The van der Waals surface area contributed by atoms with Gasteiger partial charge in [-0.05, 0) is 27.2 Å². The minimum atomic E-state index is -1.17. The summed E-state index contributed by atoms with van der Waals surface area (Å²) in [4.78, 5) is 23.1. The van der Waals surface area contributed by atoms with Crippen LogP contribution < -0.4 is 5.73 Å². The van der Waals surface area contributed by atoms with Crippen molar-refractivity contribution in [3.05, 3.63) is 12.7 Å². The van der Waals surface area contributed by atoms with E-state index in [-0.39, 0.29) is 19.1 Å². The molecule has 0 aromatic rings. The molecule has 0 bridgehead atoms. The molecule has 0 aliphatic rings. The lowest BCUT2D eigenvalue weighted by Gasteiger charge is -2.34. The van der Waals surface area contributed by atoms with Crippen molar-refractivity contribution in [1.29, 1.82) is 0 Å². The third-order valence-corrected chi connectivity index (χ3v) is 3.28. The van der Waals surface area contributed by atoms with Crippen molar-refractivity contribution in [2.24, 2.45) is 11.7 Å². The Kier molecular flexibility index (Phi) is 8.97. The van der Waals surface area contributed by atoms with Crippen molar-refractivity contribution in [2.75, 3.05) is 6.61 Å². The topological polar surface area (TPSA) is 98.9 Å². The van der Waals surface area contributed by atoms with Gasteiger partial charge in [0.1, 0.15) is 12.7 Å². The van der Waals surface area contributed by atoms with Crippen LogP contribution in [-0.2, 0) is 19.1 Å². The Morgan fingerprint density at radius 3 is 2.41 bits per heavy atom. The summed E-state index contributed by atoms with van der Waals surface area (Å²) in [6.07, 6.45) is 1.93. The van der Waals surface area contributed by atoms with Crippen LogP contribution in [0.3, 0.4) is 0 Å². The Morgan fingerprint density at radius 2 is 2.00 bits per heavy atom. The predicted octanol–water partition coefficient (Wildman–Crippen LogP) is 1.55. The molecule has 0 spiro atoms. The number of aliphatic hydroxyl groups is 1. The van der Waals surface area contributed by atoms with Gasteiger partial charge in [-0.25, -0.2) is 4.79 Å². The zero-order chi connectivity index (χ0) is 17.3. The van der Waals surface area contributed by atoms with Crippen LogP contribution in [0.5, 0.6) is 0 Å². The molecule has 0 aromatic heterocycles. The van der Waals surface area contributed by atoms with Gasteiger partial charge in [0.2, 0.25) is 0 Å². The SMILES string of the molecule is C=CC(=O)OC(CCC)C(COC(=O)CC(C)N)C(C)(C)O. The van der Waals surface area contributed by atoms with E-state index in [1.807, 2.05) is 6.92 Å². The molecule has 128 valence electrons. The van der Waals surface area contributed by atoms with E-state index in [1.165, 1.54) is 0 Å². The van der Waals surface area contributed by atoms with E-state index in [0.717, 1.165) is 12.5 Å². The number of rotatable bonds is 10. The minimum Gasteiger partial charge on any atom is -0.465 e. The van der Waals surface area contributed by atoms with Crippen molar-refractivity contribution in [3.8, 4) is 0 Å². The summed E-state index contributed by atoms with van der Waals surface area (Å²) in [5.41, 5.74) is 4.38. The Bertz CT molecular complexity index is 373. The highest BCUT2D eigenvalue weighted by molar-refractivity contribution is 5.81. The molecule has 0 rings (SSSR count). The summed E-state index contributed by atoms with van der Waals surface area (Å²) >= 11 is 0. The average Bonchev–Trinajstić information content (AvgIpc) is 2.36. The van der Waals surface area contributed by atoms with Crippen molar-refractivity contribution in [1.82, 2.24) is 0 Å². The van der Waals surface area contributed by atoms with E-state index < -0.39 is 29.6 Å². The Morgan fingerprint density at radius 1 is 1.41 bits per heavy atom. The smallest absolute Gasteiger partial charge is 0.330 e. The first kappa shape index (κ1) is 20.6. The molecule has 0 radical (unpaired) electrons. The van der Waals surface area contributed by atoms with Crippen LogP contribution >= 0.6 is 0 Å². The van der Waals surface area contributed by atoms with Gasteiger partial charge in [0.25, 0.3) is 0 Å². The molecule has 0 aromatic carbocycles. The number of hydrogen-bond donors (Lipinski definition) is 2. The molecule has 0 aliphatic heterocycles. The van der Waals surface area contributed by atoms with E-state index in [9.17, 15) is 14.7 Å². The number of esters is 2. The van der Waals surface area contributed by atoms with Crippen molar-refractivity contribution < 1.29 is 24.2 Å². The van der Waals surface area contributed by atoms with Gasteiger partial charge in [-0.1, -0.05) is 19.9 Å². The fourth-order valence-electron chi connectivity index (χ4n) is 2.09. The van der Waals surface area contributed by atoms with Crippen LogP contribution in [0, 0.1) is 5.92 Å². The van der Waals surface area contributed by atoms with Gasteiger partial charge in [-0.15, -0.1) is 0 Å². The summed E-state index contributed by atoms with van der Waals surface area (Å²) in [5.74, 6) is -1.53. The highest BCUT2D eigenvalue weighted by Crippen LogP contribution is 2.26. The zero-order valence-electron chi connectivity index (χ0n) is 14.0. The van der Waals surface area contributed by atoms with E-state index in [4.69, 9.17) is 15.2 Å². The molecule has 0 saturated heterocycles. The highest BCUT2D eigenvalue weighted by Gasteiger charge is 2.37. The molecule has 0 heterocycles. The van der Waals surface area contributed by atoms with Crippen molar-refractivity contribution >= 4 is 11.9 Å². The van der Waals surface area contributed by atoms with E-state index >= 15 is 0 Å². The van der Waals surface area contributed by atoms with Gasteiger partial charge in [-0.2, -0.15) is 0 Å². The molecule has 22 heavy (non-hydrogen) atoms. The van der Waals surface area contributed by atoms with Gasteiger partial charge in [-0.3, -0.25) is 4.79 Å². The summed E-state index contributed by atoms with van der Waals surface area (Å²) in [6.45, 7) is 10.2. The van der Waals surface area contributed by atoms with Gasteiger partial charge in [0.15, 0.2) is 0 Å². The molecule has 0 saturated carbocycles. The third kappa shape index (κ3) is 8.14. The van der Waals surface area contributed by atoms with E-state index in [0.29, 0.717) is 6.42 Å². The molecule has 0 fully saturated rings. The first-order valence-electron chi connectivity index (χ1n) is 7.58. The lowest BCUT2D eigenvalue weighted by molar-refractivity contribution is -0.161. The maximum atomic E-state index is 11.6. The summed E-state index contributed by atoms with van der Waals surface area (Å²) in [6, 6.07) is -0.293. The molecule has 6 nitrogen and oxygen atoms in total. The van der Waals surface area contributed by atoms with Crippen LogP contribution in [0.4, 0.5) is 0 Å². The Balaban J connectivity index is 4.94. The van der Waals surface area contributed by atoms with Gasteiger partial charge in [0, 0.05) is 12.1 Å². The average molecular weight is 315 g/mol. The number of ether oxygens (including phenoxy) is 2. The minimum absolute atomic E-state index is 0.0376. The number of carbonyl (C=O) groups is 2. The van der Waals surface area contributed by atoms with Crippen molar-refractivity contribution in [3.63, 3.8) is 0 Å². The van der Waals surface area contributed by atoms with E-state index in [2.05, 4.69) is 6.58 Å². The highest BCUT2D eigenvalue weighted by atomic mass is 16.6. The van der Waals surface area contributed by atoms with E-state index in [1.54, 1.807) is 20.8 Å². The number of carbonyl (C=O) groups excluding carboxylic acids is 2.